The highest BCUT2D eigenvalue weighted by Gasteiger charge is 2.27. The maximum atomic E-state index is 12.3. The standard InChI is InChI=1S/C17H14O3S/c1-11(2)10-19-12-5-6-14-15(8-12)20-16(17(14)18)9-13-4-3-7-21-13/h3-9H,1,10H2,2H3. The Bertz CT molecular complexity index is 726. The van der Waals surface area contributed by atoms with E-state index in [4.69, 9.17) is 9.47 Å². The average molecular weight is 298 g/mol. The Morgan fingerprint density at radius 2 is 2.29 bits per heavy atom. The summed E-state index contributed by atoms with van der Waals surface area (Å²) in [5.74, 6) is 1.47. The number of ketones is 1. The lowest BCUT2D eigenvalue weighted by Gasteiger charge is -2.06. The zero-order valence-corrected chi connectivity index (χ0v) is 12.4. The van der Waals surface area contributed by atoms with Gasteiger partial charge in [-0.05, 0) is 36.1 Å². The second-order valence-electron chi connectivity index (χ2n) is 4.86. The number of ether oxygens (including phenoxy) is 2. The quantitative estimate of drug-likeness (QED) is 0.623. The van der Waals surface area contributed by atoms with Gasteiger partial charge in [0.1, 0.15) is 18.1 Å². The van der Waals surface area contributed by atoms with Gasteiger partial charge in [0.2, 0.25) is 5.78 Å². The fraction of sp³-hybridized carbons (Fsp3) is 0.118. The molecule has 3 nitrogen and oxygen atoms in total. The van der Waals surface area contributed by atoms with Crippen molar-refractivity contribution in [2.75, 3.05) is 6.61 Å². The molecule has 0 atom stereocenters. The van der Waals surface area contributed by atoms with Crippen LogP contribution >= 0.6 is 11.3 Å². The van der Waals surface area contributed by atoms with Crippen LogP contribution in [0.15, 0.2) is 53.6 Å². The van der Waals surface area contributed by atoms with E-state index in [9.17, 15) is 4.79 Å². The van der Waals surface area contributed by atoms with E-state index >= 15 is 0 Å². The number of rotatable bonds is 4. The van der Waals surface area contributed by atoms with Crippen molar-refractivity contribution >= 4 is 23.2 Å². The monoisotopic (exact) mass is 298 g/mol. The fourth-order valence-electron chi connectivity index (χ4n) is 1.97. The second kappa shape index (κ2) is 5.58. The van der Waals surface area contributed by atoms with Gasteiger partial charge in [-0.3, -0.25) is 4.79 Å². The van der Waals surface area contributed by atoms with Crippen molar-refractivity contribution in [3.05, 3.63) is 64.1 Å². The van der Waals surface area contributed by atoms with Crippen LogP contribution in [0.5, 0.6) is 11.5 Å². The lowest BCUT2D eigenvalue weighted by atomic mass is 10.1. The molecule has 0 radical (unpaired) electrons. The van der Waals surface area contributed by atoms with Gasteiger partial charge in [0, 0.05) is 17.0 Å². The molecule has 0 saturated heterocycles. The summed E-state index contributed by atoms with van der Waals surface area (Å²) in [6.45, 7) is 6.14. The number of hydrogen-bond acceptors (Lipinski definition) is 4. The first kappa shape index (κ1) is 13.6. The summed E-state index contributed by atoms with van der Waals surface area (Å²) >= 11 is 1.56. The Hall–Kier alpha value is -2.33. The van der Waals surface area contributed by atoms with Gasteiger partial charge >= 0.3 is 0 Å². The Kier molecular flexibility index (Phi) is 3.62. The minimum atomic E-state index is -0.0927. The molecule has 0 fully saturated rings. The van der Waals surface area contributed by atoms with Crippen molar-refractivity contribution in [3.8, 4) is 11.5 Å². The molecular formula is C17H14O3S. The molecule has 0 saturated carbocycles. The molecule has 1 aliphatic rings. The largest absolute Gasteiger partial charge is 0.489 e. The van der Waals surface area contributed by atoms with Crippen LogP contribution in [0, 0.1) is 0 Å². The predicted molar refractivity (Wildman–Crippen MR) is 84.0 cm³/mol. The maximum absolute atomic E-state index is 12.3. The summed E-state index contributed by atoms with van der Waals surface area (Å²) in [5, 5.41) is 1.96. The zero-order chi connectivity index (χ0) is 14.8. The highest BCUT2D eigenvalue weighted by atomic mass is 32.1. The summed E-state index contributed by atoms with van der Waals surface area (Å²) in [6.07, 6.45) is 1.77. The third-order valence-corrected chi connectivity index (χ3v) is 3.76. The summed E-state index contributed by atoms with van der Waals surface area (Å²) in [7, 11) is 0. The van der Waals surface area contributed by atoms with Crippen molar-refractivity contribution in [2.24, 2.45) is 0 Å². The van der Waals surface area contributed by atoms with Gasteiger partial charge < -0.3 is 9.47 Å². The molecule has 0 N–H and O–H groups in total. The number of hydrogen-bond donors (Lipinski definition) is 0. The Balaban J connectivity index is 1.84. The molecule has 1 aliphatic heterocycles. The van der Waals surface area contributed by atoms with Crippen LogP contribution in [0.2, 0.25) is 0 Å². The number of carbonyl (C=O) groups is 1. The zero-order valence-electron chi connectivity index (χ0n) is 11.6. The first-order valence-electron chi connectivity index (χ1n) is 6.52. The van der Waals surface area contributed by atoms with Crippen molar-refractivity contribution in [2.45, 2.75) is 6.92 Å². The normalized spacial score (nSPS) is 14.9. The molecule has 21 heavy (non-hydrogen) atoms. The van der Waals surface area contributed by atoms with Gasteiger partial charge in [-0.25, -0.2) is 0 Å². The van der Waals surface area contributed by atoms with Gasteiger partial charge in [-0.1, -0.05) is 12.6 Å². The van der Waals surface area contributed by atoms with E-state index in [0.717, 1.165) is 10.5 Å². The summed E-state index contributed by atoms with van der Waals surface area (Å²) in [4.78, 5) is 13.2. The molecule has 3 rings (SSSR count). The molecule has 0 bridgehead atoms. The predicted octanol–water partition coefficient (Wildman–Crippen LogP) is 4.32. The van der Waals surface area contributed by atoms with Gasteiger partial charge in [-0.15, -0.1) is 11.3 Å². The van der Waals surface area contributed by atoms with E-state index in [1.807, 2.05) is 24.4 Å². The average Bonchev–Trinajstić information content (AvgIpc) is 3.06. The topological polar surface area (TPSA) is 35.5 Å². The van der Waals surface area contributed by atoms with Crippen molar-refractivity contribution in [1.82, 2.24) is 0 Å². The van der Waals surface area contributed by atoms with Crippen LogP contribution in [0.3, 0.4) is 0 Å². The van der Waals surface area contributed by atoms with Crippen LogP contribution in [0.4, 0.5) is 0 Å². The molecule has 2 heterocycles. The molecule has 2 aromatic rings. The Morgan fingerprint density at radius 3 is 3.00 bits per heavy atom. The highest BCUT2D eigenvalue weighted by Crippen LogP contribution is 2.35. The molecule has 106 valence electrons. The lowest BCUT2D eigenvalue weighted by Crippen LogP contribution is -1.98. The van der Waals surface area contributed by atoms with Crippen molar-refractivity contribution in [1.29, 1.82) is 0 Å². The number of carbonyl (C=O) groups excluding carboxylic acids is 1. The van der Waals surface area contributed by atoms with Crippen molar-refractivity contribution in [3.63, 3.8) is 0 Å². The van der Waals surface area contributed by atoms with Gasteiger partial charge in [-0.2, -0.15) is 0 Å². The number of thiophene rings is 1. The maximum Gasteiger partial charge on any atom is 0.232 e. The minimum absolute atomic E-state index is 0.0927. The molecule has 1 aromatic carbocycles. The van der Waals surface area contributed by atoms with Crippen LogP contribution in [-0.4, -0.2) is 12.4 Å². The molecule has 0 amide bonds. The van der Waals surface area contributed by atoms with E-state index in [0.29, 0.717) is 29.4 Å². The van der Waals surface area contributed by atoms with E-state index in [2.05, 4.69) is 6.58 Å². The lowest BCUT2D eigenvalue weighted by molar-refractivity contribution is 0.101. The SMILES string of the molecule is C=C(C)COc1ccc2c(c1)OC(=Cc1cccs1)C2=O. The van der Waals surface area contributed by atoms with Gasteiger partial charge in [0.25, 0.3) is 0 Å². The molecular weight excluding hydrogens is 284 g/mol. The Labute approximate surface area is 127 Å². The number of allylic oxidation sites excluding steroid dienone is 1. The first-order chi connectivity index (χ1) is 10.1. The molecule has 0 spiro atoms. The van der Waals surface area contributed by atoms with Crippen LogP contribution in [0.25, 0.3) is 6.08 Å². The van der Waals surface area contributed by atoms with Gasteiger partial charge in [0.15, 0.2) is 5.76 Å². The number of benzene rings is 1. The minimum Gasteiger partial charge on any atom is -0.489 e. The van der Waals surface area contributed by atoms with E-state index < -0.39 is 0 Å². The highest BCUT2D eigenvalue weighted by molar-refractivity contribution is 7.10. The van der Waals surface area contributed by atoms with E-state index in [1.54, 1.807) is 35.6 Å². The number of fused-ring (bicyclic) bond motifs is 1. The molecule has 0 unspecified atom stereocenters. The molecule has 1 aromatic heterocycles. The number of Topliss-reactive ketones (excluding diaryl/α,β-unsaturated/α-hetero) is 1. The molecule has 4 heteroatoms. The third-order valence-electron chi connectivity index (χ3n) is 2.94. The Morgan fingerprint density at radius 1 is 1.43 bits per heavy atom. The van der Waals surface area contributed by atoms with Crippen LogP contribution in [-0.2, 0) is 0 Å². The third kappa shape index (κ3) is 2.90. The van der Waals surface area contributed by atoms with Crippen LogP contribution in [0.1, 0.15) is 22.2 Å². The van der Waals surface area contributed by atoms with Crippen LogP contribution < -0.4 is 9.47 Å². The van der Waals surface area contributed by atoms with Crippen molar-refractivity contribution < 1.29 is 14.3 Å². The van der Waals surface area contributed by atoms with Gasteiger partial charge in [0.05, 0.1) is 5.56 Å². The summed E-state index contributed by atoms with van der Waals surface area (Å²) in [6, 6.07) is 9.13. The van der Waals surface area contributed by atoms with E-state index in [-0.39, 0.29) is 5.78 Å². The second-order valence-corrected chi connectivity index (χ2v) is 5.84. The smallest absolute Gasteiger partial charge is 0.232 e. The fourth-order valence-corrected chi connectivity index (χ4v) is 2.61. The van der Waals surface area contributed by atoms with E-state index in [1.165, 1.54) is 0 Å². The summed E-state index contributed by atoms with van der Waals surface area (Å²) in [5.41, 5.74) is 1.51. The first-order valence-corrected chi connectivity index (χ1v) is 7.40. The molecule has 0 aliphatic carbocycles. The summed E-state index contributed by atoms with van der Waals surface area (Å²) < 4.78 is 11.2.